The Bertz CT molecular complexity index is 617. The molecule has 0 heterocycles. The van der Waals surface area contributed by atoms with E-state index in [1.54, 1.807) is 14.2 Å². The number of benzene rings is 2. The van der Waals surface area contributed by atoms with Crippen molar-refractivity contribution >= 4 is 31.9 Å². The zero-order valence-corrected chi connectivity index (χ0v) is 15.1. The smallest absolute Gasteiger partial charge is 0.161 e. The fraction of sp³-hybridized carbons (Fsp3) is 0.250. The van der Waals surface area contributed by atoms with Crippen LogP contribution in [0.4, 0.5) is 0 Å². The second-order valence-electron chi connectivity index (χ2n) is 4.49. The molecule has 0 radical (unpaired) electrons. The van der Waals surface area contributed by atoms with E-state index in [0.717, 1.165) is 39.1 Å². The van der Waals surface area contributed by atoms with E-state index in [1.807, 2.05) is 30.3 Å². The van der Waals surface area contributed by atoms with Crippen molar-refractivity contribution in [2.45, 2.75) is 13.1 Å². The first-order valence-electron chi connectivity index (χ1n) is 6.50. The van der Waals surface area contributed by atoms with E-state index in [4.69, 9.17) is 9.47 Å². The van der Waals surface area contributed by atoms with E-state index in [1.165, 1.54) is 5.56 Å². The molecule has 0 aromatic heterocycles. The van der Waals surface area contributed by atoms with Gasteiger partial charge in [0, 0.05) is 22.0 Å². The summed E-state index contributed by atoms with van der Waals surface area (Å²) in [4.78, 5) is 0. The molecular formula is C16H17Br2NO2. The predicted molar refractivity (Wildman–Crippen MR) is 91.9 cm³/mol. The minimum atomic E-state index is 0.721. The Kier molecular flexibility index (Phi) is 6.08. The van der Waals surface area contributed by atoms with Crippen molar-refractivity contribution in [3.63, 3.8) is 0 Å². The summed E-state index contributed by atoms with van der Waals surface area (Å²) in [6.45, 7) is 1.53. The molecule has 5 heteroatoms. The lowest BCUT2D eigenvalue weighted by Crippen LogP contribution is -2.13. The maximum absolute atomic E-state index is 5.33. The van der Waals surface area contributed by atoms with Gasteiger partial charge in [0.1, 0.15) is 0 Å². The van der Waals surface area contributed by atoms with E-state index in [-0.39, 0.29) is 0 Å². The topological polar surface area (TPSA) is 30.5 Å². The first kappa shape index (κ1) is 16.3. The van der Waals surface area contributed by atoms with Crippen LogP contribution in [0.3, 0.4) is 0 Å². The number of nitrogens with one attached hydrogen (secondary N) is 1. The zero-order chi connectivity index (χ0) is 15.2. The van der Waals surface area contributed by atoms with Gasteiger partial charge in [-0.2, -0.15) is 0 Å². The molecule has 0 aliphatic heterocycles. The van der Waals surface area contributed by atoms with Crippen LogP contribution < -0.4 is 14.8 Å². The van der Waals surface area contributed by atoms with Crippen molar-refractivity contribution in [1.29, 1.82) is 0 Å². The maximum Gasteiger partial charge on any atom is 0.161 e. The number of ether oxygens (including phenoxy) is 2. The van der Waals surface area contributed by atoms with Crippen LogP contribution in [0, 0.1) is 0 Å². The number of halogens is 2. The van der Waals surface area contributed by atoms with Crippen LogP contribution in [0.25, 0.3) is 0 Å². The Morgan fingerprint density at radius 3 is 2.14 bits per heavy atom. The summed E-state index contributed by atoms with van der Waals surface area (Å²) in [5.74, 6) is 1.46. The standard InChI is InChI=1S/C16H17Br2NO2/c1-20-15-7-12(14(18)8-16(15)21-2)10-19-9-11-5-3-4-6-13(11)17/h3-8,19H,9-10H2,1-2H3. The lowest BCUT2D eigenvalue weighted by molar-refractivity contribution is 0.354. The van der Waals surface area contributed by atoms with E-state index >= 15 is 0 Å². The highest BCUT2D eigenvalue weighted by molar-refractivity contribution is 9.10. The number of methoxy groups -OCH3 is 2. The van der Waals surface area contributed by atoms with Gasteiger partial charge in [0.25, 0.3) is 0 Å². The summed E-state index contributed by atoms with van der Waals surface area (Å²) >= 11 is 7.12. The highest BCUT2D eigenvalue weighted by atomic mass is 79.9. The van der Waals surface area contributed by atoms with Crippen molar-refractivity contribution in [2.24, 2.45) is 0 Å². The molecule has 0 saturated heterocycles. The Balaban J connectivity index is 2.05. The molecule has 0 aliphatic carbocycles. The zero-order valence-electron chi connectivity index (χ0n) is 12.0. The van der Waals surface area contributed by atoms with Gasteiger partial charge in [0.15, 0.2) is 11.5 Å². The highest BCUT2D eigenvalue weighted by Gasteiger charge is 2.09. The highest BCUT2D eigenvalue weighted by Crippen LogP contribution is 2.33. The quantitative estimate of drug-likeness (QED) is 0.753. The van der Waals surface area contributed by atoms with Gasteiger partial charge >= 0.3 is 0 Å². The summed E-state index contributed by atoms with van der Waals surface area (Å²) < 4.78 is 12.7. The van der Waals surface area contributed by atoms with Crippen molar-refractivity contribution in [3.8, 4) is 11.5 Å². The summed E-state index contributed by atoms with van der Waals surface area (Å²) in [5.41, 5.74) is 2.36. The van der Waals surface area contributed by atoms with Gasteiger partial charge in [-0.25, -0.2) is 0 Å². The van der Waals surface area contributed by atoms with Gasteiger partial charge < -0.3 is 14.8 Å². The fourth-order valence-electron chi connectivity index (χ4n) is 2.01. The van der Waals surface area contributed by atoms with Crippen molar-refractivity contribution in [3.05, 3.63) is 56.5 Å². The van der Waals surface area contributed by atoms with Crippen LogP contribution in [0.5, 0.6) is 11.5 Å². The molecule has 21 heavy (non-hydrogen) atoms. The largest absolute Gasteiger partial charge is 0.493 e. The van der Waals surface area contributed by atoms with Gasteiger partial charge in [0.2, 0.25) is 0 Å². The van der Waals surface area contributed by atoms with Gasteiger partial charge in [0.05, 0.1) is 14.2 Å². The molecule has 0 saturated carbocycles. The molecule has 0 atom stereocenters. The SMILES string of the molecule is COc1cc(Br)c(CNCc2ccccc2Br)cc1OC. The molecule has 112 valence electrons. The molecule has 2 aromatic carbocycles. The molecule has 1 N–H and O–H groups in total. The average Bonchev–Trinajstić information content (AvgIpc) is 2.50. The summed E-state index contributed by atoms with van der Waals surface area (Å²) in [6.07, 6.45) is 0. The third-order valence-corrected chi connectivity index (χ3v) is 4.65. The Morgan fingerprint density at radius 2 is 1.48 bits per heavy atom. The second kappa shape index (κ2) is 7.82. The number of hydrogen-bond acceptors (Lipinski definition) is 3. The van der Waals surface area contributed by atoms with E-state index in [2.05, 4.69) is 43.2 Å². The molecule has 0 bridgehead atoms. The summed E-state index contributed by atoms with van der Waals surface area (Å²) in [6, 6.07) is 12.1. The first-order chi connectivity index (χ1) is 10.2. The van der Waals surface area contributed by atoms with Gasteiger partial charge in [-0.05, 0) is 29.3 Å². The molecule has 0 fully saturated rings. The molecule has 0 unspecified atom stereocenters. The Hall–Kier alpha value is -1.04. The third kappa shape index (κ3) is 4.22. The van der Waals surface area contributed by atoms with Crippen LogP contribution in [0.2, 0.25) is 0 Å². The third-order valence-electron chi connectivity index (χ3n) is 3.14. The van der Waals surface area contributed by atoms with E-state index in [0.29, 0.717) is 0 Å². The molecular weight excluding hydrogens is 398 g/mol. The molecule has 2 aromatic rings. The van der Waals surface area contributed by atoms with Gasteiger partial charge in [-0.15, -0.1) is 0 Å². The lowest BCUT2D eigenvalue weighted by atomic mass is 10.2. The molecule has 0 spiro atoms. The monoisotopic (exact) mass is 413 g/mol. The van der Waals surface area contributed by atoms with Crippen LogP contribution in [0.15, 0.2) is 45.3 Å². The second-order valence-corrected chi connectivity index (χ2v) is 6.20. The van der Waals surface area contributed by atoms with Crippen LogP contribution >= 0.6 is 31.9 Å². The van der Waals surface area contributed by atoms with E-state index in [9.17, 15) is 0 Å². The number of rotatable bonds is 6. The van der Waals surface area contributed by atoms with Crippen molar-refractivity contribution in [1.82, 2.24) is 5.32 Å². The van der Waals surface area contributed by atoms with Crippen molar-refractivity contribution in [2.75, 3.05) is 14.2 Å². The van der Waals surface area contributed by atoms with Gasteiger partial charge in [-0.3, -0.25) is 0 Å². The summed E-state index contributed by atoms with van der Waals surface area (Å²) in [5, 5.41) is 3.43. The minimum Gasteiger partial charge on any atom is -0.493 e. The Labute approximate surface area is 141 Å². The number of hydrogen-bond donors (Lipinski definition) is 1. The van der Waals surface area contributed by atoms with Crippen LogP contribution in [0.1, 0.15) is 11.1 Å². The van der Waals surface area contributed by atoms with Crippen LogP contribution in [-0.4, -0.2) is 14.2 Å². The van der Waals surface area contributed by atoms with Crippen LogP contribution in [-0.2, 0) is 13.1 Å². The van der Waals surface area contributed by atoms with E-state index < -0.39 is 0 Å². The maximum atomic E-state index is 5.33. The minimum absolute atomic E-state index is 0.721. The normalized spacial score (nSPS) is 10.5. The fourth-order valence-corrected chi connectivity index (χ4v) is 2.89. The Morgan fingerprint density at radius 1 is 0.857 bits per heavy atom. The predicted octanol–water partition coefficient (Wildman–Crippen LogP) is 4.52. The first-order valence-corrected chi connectivity index (χ1v) is 8.08. The molecule has 3 nitrogen and oxygen atoms in total. The molecule has 2 rings (SSSR count). The van der Waals surface area contributed by atoms with Crippen molar-refractivity contribution < 1.29 is 9.47 Å². The lowest BCUT2D eigenvalue weighted by Gasteiger charge is -2.13. The van der Waals surface area contributed by atoms with Gasteiger partial charge in [-0.1, -0.05) is 50.1 Å². The summed E-state index contributed by atoms with van der Waals surface area (Å²) in [7, 11) is 3.28. The molecule has 0 aliphatic rings. The average molecular weight is 415 g/mol. The molecule has 0 amide bonds.